The first-order valence-corrected chi connectivity index (χ1v) is 9.12. The fourth-order valence-electron chi connectivity index (χ4n) is 2.60. The SMILES string of the molecule is Cc1ccc(C(=O)CCC(=O)N(C)Cc2nc3ccsc3c(=O)[nH]2)cc1. The molecule has 1 N–H and O–H groups in total. The number of Topliss-reactive ketones (excluding diaryl/α,β-unsaturated/α-hetero) is 1. The highest BCUT2D eigenvalue weighted by atomic mass is 32.1. The number of amides is 1. The van der Waals surface area contributed by atoms with E-state index in [4.69, 9.17) is 0 Å². The zero-order chi connectivity index (χ0) is 18.7. The molecular formula is C19H19N3O3S. The van der Waals surface area contributed by atoms with E-state index in [9.17, 15) is 14.4 Å². The first-order chi connectivity index (χ1) is 12.4. The molecular weight excluding hydrogens is 350 g/mol. The average molecular weight is 369 g/mol. The summed E-state index contributed by atoms with van der Waals surface area (Å²) in [5.74, 6) is 0.207. The highest BCUT2D eigenvalue weighted by Crippen LogP contribution is 2.14. The quantitative estimate of drug-likeness (QED) is 0.677. The Bertz CT molecular complexity index is 1000. The highest BCUT2D eigenvalue weighted by Gasteiger charge is 2.15. The fraction of sp³-hybridized carbons (Fsp3) is 0.263. The summed E-state index contributed by atoms with van der Waals surface area (Å²) in [6, 6.07) is 9.08. The molecule has 3 rings (SSSR count). The number of aromatic nitrogens is 2. The molecule has 0 aliphatic rings. The highest BCUT2D eigenvalue weighted by molar-refractivity contribution is 7.17. The third kappa shape index (κ3) is 4.05. The van der Waals surface area contributed by atoms with Crippen molar-refractivity contribution in [1.82, 2.24) is 14.9 Å². The third-order valence-corrected chi connectivity index (χ3v) is 5.02. The van der Waals surface area contributed by atoms with Crippen molar-refractivity contribution < 1.29 is 9.59 Å². The minimum atomic E-state index is -0.199. The number of thiophene rings is 1. The molecule has 0 radical (unpaired) electrons. The van der Waals surface area contributed by atoms with Gasteiger partial charge in [-0.3, -0.25) is 14.4 Å². The molecule has 0 saturated heterocycles. The number of hydrogen-bond donors (Lipinski definition) is 1. The van der Waals surface area contributed by atoms with E-state index in [1.165, 1.54) is 16.2 Å². The largest absolute Gasteiger partial charge is 0.338 e. The number of benzene rings is 1. The van der Waals surface area contributed by atoms with Crippen LogP contribution in [0.1, 0.15) is 34.6 Å². The van der Waals surface area contributed by atoms with E-state index in [-0.39, 0.29) is 36.6 Å². The van der Waals surface area contributed by atoms with Gasteiger partial charge in [0.05, 0.1) is 12.1 Å². The third-order valence-electron chi connectivity index (χ3n) is 4.12. The Kier molecular flexibility index (Phi) is 5.27. The number of nitrogens with zero attached hydrogens (tertiary/aromatic N) is 2. The van der Waals surface area contributed by atoms with Gasteiger partial charge in [0.15, 0.2) is 5.78 Å². The summed E-state index contributed by atoms with van der Waals surface area (Å²) in [6.07, 6.45) is 0.272. The first kappa shape index (κ1) is 18.0. The first-order valence-electron chi connectivity index (χ1n) is 8.24. The lowest BCUT2D eigenvalue weighted by atomic mass is 10.0. The van der Waals surface area contributed by atoms with Crippen LogP contribution in [0.5, 0.6) is 0 Å². The second kappa shape index (κ2) is 7.61. The van der Waals surface area contributed by atoms with E-state index in [0.29, 0.717) is 21.6 Å². The Labute approximate surface area is 154 Å². The molecule has 2 aromatic heterocycles. The minimum absolute atomic E-state index is 0.0574. The van der Waals surface area contributed by atoms with Crippen LogP contribution in [0.15, 0.2) is 40.5 Å². The topological polar surface area (TPSA) is 83.1 Å². The zero-order valence-electron chi connectivity index (χ0n) is 14.6. The van der Waals surface area contributed by atoms with Crippen molar-refractivity contribution in [3.8, 4) is 0 Å². The number of aromatic amines is 1. The van der Waals surface area contributed by atoms with E-state index < -0.39 is 0 Å². The second-order valence-electron chi connectivity index (χ2n) is 6.19. The number of aryl methyl sites for hydroxylation is 1. The molecule has 0 saturated carbocycles. The van der Waals surface area contributed by atoms with Gasteiger partial charge in [-0.15, -0.1) is 11.3 Å². The summed E-state index contributed by atoms with van der Waals surface area (Å²) in [4.78, 5) is 45.0. The van der Waals surface area contributed by atoms with Gasteiger partial charge >= 0.3 is 0 Å². The smallest absolute Gasteiger partial charge is 0.268 e. The standard InChI is InChI=1S/C19H19N3O3S/c1-12-3-5-13(6-4-12)15(23)7-8-17(24)22(2)11-16-20-14-9-10-26-18(14)19(25)21-16/h3-6,9-10H,7-8,11H2,1-2H3,(H,20,21,25). The van der Waals surface area contributed by atoms with Crippen molar-refractivity contribution in [2.75, 3.05) is 7.05 Å². The lowest BCUT2D eigenvalue weighted by Crippen LogP contribution is -2.28. The summed E-state index contributed by atoms with van der Waals surface area (Å²) in [7, 11) is 1.64. The van der Waals surface area contributed by atoms with Crippen LogP contribution in [0.4, 0.5) is 0 Å². The molecule has 134 valence electrons. The lowest BCUT2D eigenvalue weighted by molar-refractivity contribution is -0.130. The molecule has 0 aliphatic carbocycles. The van der Waals surface area contributed by atoms with Crippen molar-refractivity contribution in [3.05, 3.63) is 63.0 Å². The Hall–Kier alpha value is -2.80. The molecule has 1 amide bonds. The van der Waals surface area contributed by atoms with Crippen LogP contribution in [0.2, 0.25) is 0 Å². The number of fused-ring (bicyclic) bond motifs is 1. The fourth-order valence-corrected chi connectivity index (χ4v) is 3.33. The van der Waals surface area contributed by atoms with Crippen LogP contribution in [0.25, 0.3) is 10.2 Å². The molecule has 0 aliphatic heterocycles. The number of carbonyl (C=O) groups is 2. The number of hydrogen-bond acceptors (Lipinski definition) is 5. The number of H-pyrrole nitrogens is 1. The molecule has 26 heavy (non-hydrogen) atoms. The molecule has 0 unspecified atom stereocenters. The van der Waals surface area contributed by atoms with Crippen molar-refractivity contribution in [3.63, 3.8) is 0 Å². The number of ketones is 1. The van der Waals surface area contributed by atoms with Gasteiger partial charge in [-0.2, -0.15) is 0 Å². The Morgan fingerprint density at radius 1 is 1.15 bits per heavy atom. The molecule has 7 heteroatoms. The van der Waals surface area contributed by atoms with Crippen LogP contribution in [-0.2, 0) is 11.3 Å². The van der Waals surface area contributed by atoms with Gasteiger partial charge in [-0.1, -0.05) is 29.8 Å². The predicted octanol–water partition coefficient (Wildman–Crippen LogP) is 2.91. The van der Waals surface area contributed by atoms with Crippen LogP contribution in [-0.4, -0.2) is 33.6 Å². The van der Waals surface area contributed by atoms with Crippen LogP contribution in [0, 0.1) is 6.92 Å². The number of carbonyl (C=O) groups excluding carboxylic acids is 2. The number of rotatable bonds is 6. The summed E-state index contributed by atoms with van der Waals surface area (Å²) < 4.78 is 0.575. The van der Waals surface area contributed by atoms with E-state index >= 15 is 0 Å². The maximum atomic E-state index is 12.3. The van der Waals surface area contributed by atoms with E-state index in [1.54, 1.807) is 25.2 Å². The lowest BCUT2D eigenvalue weighted by Gasteiger charge is -2.16. The van der Waals surface area contributed by atoms with Crippen LogP contribution in [0.3, 0.4) is 0 Å². The Morgan fingerprint density at radius 2 is 1.88 bits per heavy atom. The molecule has 6 nitrogen and oxygen atoms in total. The minimum Gasteiger partial charge on any atom is -0.338 e. The molecule has 1 aromatic carbocycles. The summed E-state index contributed by atoms with van der Waals surface area (Å²) >= 11 is 1.33. The van der Waals surface area contributed by atoms with E-state index in [1.807, 2.05) is 24.4 Å². The van der Waals surface area contributed by atoms with Gasteiger partial charge in [-0.25, -0.2) is 4.98 Å². The van der Waals surface area contributed by atoms with E-state index in [0.717, 1.165) is 5.56 Å². The van der Waals surface area contributed by atoms with Crippen LogP contribution >= 0.6 is 11.3 Å². The van der Waals surface area contributed by atoms with Gasteiger partial charge in [-0.05, 0) is 18.4 Å². The second-order valence-corrected chi connectivity index (χ2v) is 7.10. The van der Waals surface area contributed by atoms with Gasteiger partial charge in [0, 0.05) is 25.5 Å². The summed E-state index contributed by atoms with van der Waals surface area (Å²) in [5.41, 5.74) is 2.13. The maximum absolute atomic E-state index is 12.3. The molecule has 0 spiro atoms. The van der Waals surface area contributed by atoms with Crippen molar-refractivity contribution in [2.24, 2.45) is 0 Å². The summed E-state index contributed by atoms with van der Waals surface area (Å²) in [5, 5.41) is 1.81. The van der Waals surface area contributed by atoms with Gasteiger partial charge < -0.3 is 9.88 Å². The average Bonchev–Trinajstić information content (AvgIpc) is 3.09. The molecule has 3 aromatic rings. The monoisotopic (exact) mass is 369 g/mol. The van der Waals surface area contributed by atoms with Gasteiger partial charge in [0.25, 0.3) is 5.56 Å². The van der Waals surface area contributed by atoms with Crippen molar-refractivity contribution in [1.29, 1.82) is 0 Å². The van der Waals surface area contributed by atoms with E-state index in [2.05, 4.69) is 9.97 Å². The molecule has 0 fully saturated rings. The zero-order valence-corrected chi connectivity index (χ0v) is 15.4. The van der Waals surface area contributed by atoms with Crippen LogP contribution < -0.4 is 5.56 Å². The maximum Gasteiger partial charge on any atom is 0.268 e. The predicted molar refractivity (Wildman–Crippen MR) is 101 cm³/mol. The number of nitrogens with one attached hydrogen (secondary N) is 1. The molecule has 0 bridgehead atoms. The van der Waals surface area contributed by atoms with Gasteiger partial charge in [0.2, 0.25) is 5.91 Å². The Balaban J connectivity index is 1.59. The van der Waals surface area contributed by atoms with Crippen molar-refractivity contribution in [2.45, 2.75) is 26.3 Å². The Morgan fingerprint density at radius 3 is 2.62 bits per heavy atom. The molecule has 0 atom stereocenters. The molecule has 2 heterocycles. The van der Waals surface area contributed by atoms with Gasteiger partial charge in [0.1, 0.15) is 10.5 Å². The summed E-state index contributed by atoms with van der Waals surface area (Å²) in [6.45, 7) is 2.15. The van der Waals surface area contributed by atoms with Crippen molar-refractivity contribution >= 4 is 33.2 Å². The normalized spacial score (nSPS) is 10.8.